The molecule has 188 valence electrons. The van der Waals surface area contributed by atoms with Crippen molar-refractivity contribution in [2.24, 2.45) is 4.99 Å². The highest BCUT2D eigenvalue weighted by Crippen LogP contribution is 2.34. The van der Waals surface area contributed by atoms with E-state index < -0.39 is 10.0 Å². The van der Waals surface area contributed by atoms with Crippen molar-refractivity contribution in [2.75, 3.05) is 44.3 Å². The second-order valence-corrected chi connectivity index (χ2v) is 10.9. The van der Waals surface area contributed by atoms with Crippen LogP contribution in [0.5, 0.6) is 5.75 Å². The van der Waals surface area contributed by atoms with Gasteiger partial charge < -0.3 is 14.4 Å². The van der Waals surface area contributed by atoms with Gasteiger partial charge in [-0.3, -0.25) is 4.99 Å². The number of ether oxygens (including phenoxy) is 2. The van der Waals surface area contributed by atoms with Crippen LogP contribution in [-0.4, -0.2) is 58.3 Å². The second kappa shape index (κ2) is 11.2. The van der Waals surface area contributed by atoms with Gasteiger partial charge in [0.2, 0.25) is 10.0 Å². The molecule has 2 fully saturated rings. The van der Waals surface area contributed by atoms with Gasteiger partial charge in [0, 0.05) is 32.4 Å². The molecule has 0 atom stereocenters. The lowest BCUT2D eigenvalue weighted by Crippen LogP contribution is -2.40. The molecule has 0 aliphatic carbocycles. The van der Waals surface area contributed by atoms with Crippen molar-refractivity contribution in [1.82, 2.24) is 4.31 Å². The van der Waals surface area contributed by atoms with E-state index in [1.54, 1.807) is 18.3 Å². The van der Waals surface area contributed by atoms with Crippen molar-refractivity contribution in [3.05, 3.63) is 83.9 Å². The lowest BCUT2D eigenvalue weighted by Gasteiger charge is -2.27. The molecule has 2 saturated heterocycles. The number of aliphatic imine (C=N–C) groups is 1. The molecule has 3 aromatic carbocycles. The van der Waals surface area contributed by atoms with Gasteiger partial charge in [0.05, 0.1) is 29.5 Å². The molecular formula is C28H31N3O4S. The molecular weight excluding hydrogens is 474 g/mol. The predicted octanol–water partition coefficient (Wildman–Crippen LogP) is 4.64. The van der Waals surface area contributed by atoms with Gasteiger partial charge in [0.25, 0.3) is 0 Å². The zero-order chi connectivity index (χ0) is 24.8. The average molecular weight is 506 g/mol. The van der Waals surface area contributed by atoms with E-state index >= 15 is 0 Å². The smallest absolute Gasteiger partial charge is 0.243 e. The minimum Gasteiger partial charge on any atom is -0.489 e. The van der Waals surface area contributed by atoms with Gasteiger partial charge in [-0.15, -0.1) is 0 Å². The Bertz CT molecular complexity index is 1280. The second-order valence-electron chi connectivity index (χ2n) is 8.96. The third-order valence-electron chi connectivity index (χ3n) is 6.48. The van der Waals surface area contributed by atoms with Gasteiger partial charge >= 0.3 is 0 Å². The molecule has 2 heterocycles. The molecule has 3 aromatic rings. The molecule has 0 radical (unpaired) electrons. The summed E-state index contributed by atoms with van der Waals surface area (Å²) in [5, 5.41) is 0. The van der Waals surface area contributed by atoms with Gasteiger partial charge in [-0.25, -0.2) is 8.42 Å². The van der Waals surface area contributed by atoms with Gasteiger partial charge in [0.15, 0.2) is 0 Å². The van der Waals surface area contributed by atoms with E-state index in [0.29, 0.717) is 38.6 Å². The van der Waals surface area contributed by atoms with E-state index in [0.717, 1.165) is 48.5 Å². The molecule has 0 bridgehead atoms. The molecule has 0 amide bonds. The Morgan fingerprint density at radius 3 is 2.33 bits per heavy atom. The van der Waals surface area contributed by atoms with E-state index in [2.05, 4.69) is 4.90 Å². The fraction of sp³-hybridized carbons (Fsp3) is 0.321. The molecule has 0 aromatic heterocycles. The fourth-order valence-corrected chi connectivity index (χ4v) is 5.89. The SMILES string of the molecule is O=S(=O)(c1ccc(N2CCCC2)c(N=Cc2ccc(OCc3ccccc3)cc2)c1)N1CCOCC1. The van der Waals surface area contributed by atoms with Crippen LogP contribution in [0.25, 0.3) is 0 Å². The largest absolute Gasteiger partial charge is 0.489 e. The molecule has 2 aliphatic rings. The van der Waals surface area contributed by atoms with Crippen LogP contribution < -0.4 is 9.64 Å². The number of hydrogen-bond donors (Lipinski definition) is 0. The number of benzene rings is 3. The molecule has 0 saturated carbocycles. The van der Waals surface area contributed by atoms with Crippen LogP contribution in [0.1, 0.15) is 24.0 Å². The van der Waals surface area contributed by atoms with E-state index in [4.69, 9.17) is 14.5 Å². The minimum absolute atomic E-state index is 0.268. The maximum absolute atomic E-state index is 13.2. The van der Waals surface area contributed by atoms with E-state index in [-0.39, 0.29) is 4.90 Å². The Hall–Kier alpha value is -3.20. The summed E-state index contributed by atoms with van der Waals surface area (Å²) in [5.41, 5.74) is 3.66. The topological polar surface area (TPSA) is 71.4 Å². The number of rotatable bonds is 8. The van der Waals surface area contributed by atoms with Crippen LogP contribution in [0.15, 0.2) is 82.7 Å². The molecule has 5 rings (SSSR count). The maximum atomic E-state index is 13.2. The van der Waals surface area contributed by atoms with Crippen molar-refractivity contribution in [2.45, 2.75) is 24.3 Å². The van der Waals surface area contributed by atoms with Crippen molar-refractivity contribution in [3.8, 4) is 5.75 Å². The van der Waals surface area contributed by atoms with Crippen molar-refractivity contribution < 1.29 is 17.9 Å². The van der Waals surface area contributed by atoms with Crippen LogP contribution in [0.2, 0.25) is 0 Å². The molecule has 2 aliphatic heterocycles. The van der Waals surface area contributed by atoms with Gasteiger partial charge in [-0.1, -0.05) is 30.3 Å². The van der Waals surface area contributed by atoms with Gasteiger partial charge in [0.1, 0.15) is 12.4 Å². The number of nitrogens with zero attached hydrogens (tertiary/aromatic N) is 3. The maximum Gasteiger partial charge on any atom is 0.243 e. The first-order chi connectivity index (χ1) is 17.6. The monoisotopic (exact) mass is 505 g/mol. The average Bonchev–Trinajstić information content (AvgIpc) is 3.47. The fourth-order valence-electron chi connectivity index (χ4n) is 4.46. The minimum atomic E-state index is -3.60. The van der Waals surface area contributed by atoms with Crippen LogP contribution in [0.4, 0.5) is 11.4 Å². The molecule has 0 unspecified atom stereocenters. The normalized spacial score (nSPS) is 17.1. The Kier molecular flexibility index (Phi) is 7.65. The summed E-state index contributed by atoms with van der Waals surface area (Å²) in [6.07, 6.45) is 4.03. The number of anilines is 1. The van der Waals surface area contributed by atoms with Crippen LogP contribution in [-0.2, 0) is 21.4 Å². The van der Waals surface area contributed by atoms with Gasteiger partial charge in [-0.2, -0.15) is 4.31 Å². The first-order valence-corrected chi connectivity index (χ1v) is 13.8. The highest BCUT2D eigenvalue weighted by Gasteiger charge is 2.27. The van der Waals surface area contributed by atoms with Crippen LogP contribution in [0.3, 0.4) is 0 Å². The summed E-state index contributed by atoms with van der Waals surface area (Å²) in [6.45, 7) is 3.98. The number of morpholine rings is 1. The molecule has 7 nitrogen and oxygen atoms in total. The highest BCUT2D eigenvalue weighted by atomic mass is 32.2. The van der Waals surface area contributed by atoms with Crippen molar-refractivity contribution >= 4 is 27.6 Å². The molecule has 0 N–H and O–H groups in total. The van der Waals surface area contributed by atoms with Crippen molar-refractivity contribution in [3.63, 3.8) is 0 Å². The first-order valence-electron chi connectivity index (χ1n) is 12.4. The lowest BCUT2D eigenvalue weighted by atomic mass is 10.2. The molecule has 36 heavy (non-hydrogen) atoms. The molecule has 8 heteroatoms. The Balaban J connectivity index is 1.36. The van der Waals surface area contributed by atoms with Crippen LogP contribution in [0, 0.1) is 0 Å². The van der Waals surface area contributed by atoms with Crippen LogP contribution >= 0.6 is 0 Å². The quantitative estimate of drug-likeness (QED) is 0.417. The highest BCUT2D eigenvalue weighted by molar-refractivity contribution is 7.89. The third-order valence-corrected chi connectivity index (χ3v) is 8.38. The van der Waals surface area contributed by atoms with Crippen molar-refractivity contribution in [1.29, 1.82) is 0 Å². The summed E-state index contributed by atoms with van der Waals surface area (Å²) in [7, 11) is -3.60. The Morgan fingerprint density at radius 1 is 0.889 bits per heavy atom. The summed E-state index contributed by atoms with van der Waals surface area (Å²) < 4.78 is 39.2. The first kappa shape index (κ1) is 24.5. The third kappa shape index (κ3) is 5.78. The lowest BCUT2D eigenvalue weighted by molar-refractivity contribution is 0.0730. The summed E-state index contributed by atoms with van der Waals surface area (Å²) in [6, 6.07) is 23.1. The number of hydrogen-bond acceptors (Lipinski definition) is 6. The van der Waals surface area contributed by atoms with E-state index in [9.17, 15) is 8.42 Å². The zero-order valence-electron chi connectivity index (χ0n) is 20.3. The standard InChI is InChI=1S/C28H31N3O4S/c32-36(33,31-16-18-34-19-17-31)26-12-13-28(30-14-4-5-15-30)27(20-26)29-21-23-8-10-25(11-9-23)35-22-24-6-2-1-3-7-24/h1-3,6-13,20-21H,4-5,14-19,22H2. The van der Waals surface area contributed by atoms with E-state index in [1.807, 2.05) is 60.7 Å². The number of sulfonamides is 1. The van der Waals surface area contributed by atoms with Gasteiger partial charge in [-0.05, 0) is 66.4 Å². The Morgan fingerprint density at radius 2 is 1.61 bits per heavy atom. The zero-order valence-corrected chi connectivity index (χ0v) is 21.1. The van der Waals surface area contributed by atoms with E-state index in [1.165, 1.54) is 4.31 Å². The summed E-state index contributed by atoms with van der Waals surface area (Å²) in [5.74, 6) is 0.785. The summed E-state index contributed by atoms with van der Waals surface area (Å²) >= 11 is 0. The summed E-state index contributed by atoms with van der Waals surface area (Å²) in [4.78, 5) is 7.29. The molecule has 0 spiro atoms. The Labute approximate surface area is 213 Å². The predicted molar refractivity (Wildman–Crippen MR) is 142 cm³/mol.